The first-order chi connectivity index (χ1) is 12.1. The predicted octanol–water partition coefficient (Wildman–Crippen LogP) is 1.40. The summed E-state index contributed by atoms with van der Waals surface area (Å²) in [4.78, 5) is 34.1. The molecule has 1 aromatic heterocycles. The van der Waals surface area contributed by atoms with Crippen molar-refractivity contribution in [3.8, 4) is 0 Å². The van der Waals surface area contributed by atoms with E-state index in [1.54, 1.807) is 18.2 Å². The number of nitrogens with zero attached hydrogens (tertiary/aromatic N) is 3. The third-order valence-corrected chi connectivity index (χ3v) is 4.17. The van der Waals surface area contributed by atoms with Gasteiger partial charge in [0.15, 0.2) is 11.5 Å². The summed E-state index contributed by atoms with van der Waals surface area (Å²) in [6.07, 6.45) is 6.17. The highest BCUT2D eigenvalue weighted by Crippen LogP contribution is 2.30. The van der Waals surface area contributed by atoms with Crippen molar-refractivity contribution in [3.05, 3.63) is 41.9 Å². The van der Waals surface area contributed by atoms with Crippen molar-refractivity contribution in [2.24, 2.45) is 5.73 Å². The van der Waals surface area contributed by atoms with Crippen molar-refractivity contribution in [1.82, 2.24) is 9.97 Å². The molecule has 2 heterocycles. The smallest absolute Gasteiger partial charge is 0.278 e. The Morgan fingerprint density at radius 2 is 1.80 bits per heavy atom. The van der Waals surface area contributed by atoms with Crippen LogP contribution in [0.1, 0.15) is 40.1 Å². The fourth-order valence-electron chi connectivity index (χ4n) is 2.91. The Bertz CT molecular complexity index is 801. The molecule has 1 aliphatic rings. The van der Waals surface area contributed by atoms with Gasteiger partial charge in [0.2, 0.25) is 5.91 Å². The quantitative estimate of drug-likeness (QED) is 0.772. The number of nitrogens with two attached hydrogens (primary N) is 2. The number of hydrogen-bond acceptors (Lipinski definition) is 6. The Labute approximate surface area is 145 Å². The molecule has 8 heteroatoms. The van der Waals surface area contributed by atoms with Crippen molar-refractivity contribution in [1.29, 1.82) is 0 Å². The number of amides is 2. The van der Waals surface area contributed by atoms with Gasteiger partial charge in [-0.05, 0) is 37.5 Å². The van der Waals surface area contributed by atoms with Crippen LogP contribution in [0.15, 0.2) is 30.6 Å². The number of rotatable bonds is 4. The number of carbonyl (C=O) groups excluding carboxylic acids is 2. The monoisotopic (exact) mass is 340 g/mol. The first-order valence-corrected chi connectivity index (χ1v) is 8.13. The Morgan fingerprint density at radius 3 is 2.48 bits per heavy atom. The first-order valence-electron chi connectivity index (χ1n) is 8.13. The Hall–Kier alpha value is -3.16. The largest absolute Gasteiger partial charge is 0.382 e. The van der Waals surface area contributed by atoms with Gasteiger partial charge in [0.1, 0.15) is 0 Å². The SMILES string of the molecule is NC(=O)c1ccc(N2CCCCC2)c(NC(=O)c2nccnc2N)c1. The lowest BCUT2D eigenvalue weighted by Crippen LogP contribution is -2.30. The molecule has 1 aromatic carbocycles. The van der Waals surface area contributed by atoms with Crippen LogP contribution in [-0.2, 0) is 0 Å². The number of aromatic nitrogens is 2. The van der Waals surface area contributed by atoms with Gasteiger partial charge in [-0.1, -0.05) is 0 Å². The topological polar surface area (TPSA) is 127 Å². The van der Waals surface area contributed by atoms with Crippen LogP contribution >= 0.6 is 0 Å². The predicted molar refractivity (Wildman–Crippen MR) is 95.4 cm³/mol. The van der Waals surface area contributed by atoms with E-state index >= 15 is 0 Å². The van der Waals surface area contributed by atoms with E-state index in [0.717, 1.165) is 31.6 Å². The second-order valence-electron chi connectivity index (χ2n) is 5.89. The number of nitrogens with one attached hydrogen (secondary N) is 1. The minimum absolute atomic E-state index is 0.0385. The van der Waals surface area contributed by atoms with Gasteiger partial charge in [0, 0.05) is 31.0 Å². The summed E-state index contributed by atoms with van der Waals surface area (Å²) >= 11 is 0. The Balaban J connectivity index is 1.94. The highest BCUT2D eigenvalue weighted by atomic mass is 16.2. The van der Waals surface area contributed by atoms with Crippen LogP contribution in [0, 0.1) is 0 Å². The van der Waals surface area contributed by atoms with Crippen molar-refractivity contribution >= 4 is 29.0 Å². The van der Waals surface area contributed by atoms with Gasteiger partial charge in [-0.15, -0.1) is 0 Å². The third kappa shape index (κ3) is 3.68. The van der Waals surface area contributed by atoms with Gasteiger partial charge in [-0.25, -0.2) is 9.97 Å². The van der Waals surface area contributed by atoms with Crippen molar-refractivity contribution in [3.63, 3.8) is 0 Å². The standard InChI is InChI=1S/C17H20N6O2/c18-15-14(20-6-7-21-15)17(25)22-12-10-11(16(19)24)4-5-13(12)23-8-2-1-3-9-23/h4-7,10H,1-3,8-9H2,(H2,18,21)(H2,19,24)(H,22,25). The second-order valence-corrected chi connectivity index (χ2v) is 5.89. The van der Waals surface area contributed by atoms with E-state index in [1.807, 2.05) is 0 Å². The summed E-state index contributed by atoms with van der Waals surface area (Å²) < 4.78 is 0. The van der Waals surface area contributed by atoms with Gasteiger partial charge >= 0.3 is 0 Å². The van der Waals surface area contributed by atoms with Crippen molar-refractivity contribution in [2.45, 2.75) is 19.3 Å². The molecular formula is C17H20N6O2. The summed E-state index contributed by atoms with van der Waals surface area (Å²) in [6, 6.07) is 5.05. The molecule has 0 spiro atoms. The summed E-state index contributed by atoms with van der Waals surface area (Å²) in [5, 5.41) is 2.79. The molecule has 8 nitrogen and oxygen atoms in total. The number of primary amides is 1. The van der Waals surface area contributed by atoms with E-state index in [4.69, 9.17) is 11.5 Å². The number of anilines is 3. The van der Waals surface area contributed by atoms with E-state index in [1.165, 1.54) is 18.8 Å². The van der Waals surface area contributed by atoms with Crippen molar-refractivity contribution < 1.29 is 9.59 Å². The van der Waals surface area contributed by atoms with Gasteiger partial charge in [0.05, 0.1) is 11.4 Å². The van der Waals surface area contributed by atoms with Crippen LogP contribution in [0.2, 0.25) is 0 Å². The fraction of sp³-hybridized carbons (Fsp3) is 0.294. The molecule has 0 atom stereocenters. The molecule has 1 aliphatic heterocycles. The molecule has 5 N–H and O–H groups in total. The molecule has 0 bridgehead atoms. The number of hydrogen-bond donors (Lipinski definition) is 3. The highest BCUT2D eigenvalue weighted by Gasteiger charge is 2.19. The lowest BCUT2D eigenvalue weighted by molar-refractivity contribution is 0.0995. The summed E-state index contributed by atoms with van der Waals surface area (Å²) in [5.74, 6) is -0.990. The van der Waals surface area contributed by atoms with E-state index in [0.29, 0.717) is 11.3 Å². The van der Waals surface area contributed by atoms with Crippen LogP contribution in [0.4, 0.5) is 17.2 Å². The Morgan fingerprint density at radius 1 is 1.08 bits per heavy atom. The average Bonchev–Trinajstić information content (AvgIpc) is 2.62. The molecule has 0 aliphatic carbocycles. The van der Waals surface area contributed by atoms with E-state index in [9.17, 15) is 9.59 Å². The Kier molecular flexibility index (Phi) is 4.78. The minimum Gasteiger partial charge on any atom is -0.382 e. The highest BCUT2D eigenvalue weighted by molar-refractivity contribution is 6.08. The zero-order chi connectivity index (χ0) is 17.8. The number of piperidine rings is 1. The van der Waals surface area contributed by atoms with Gasteiger partial charge in [0.25, 0.3) is 5.91 Å². The molecule has 1 fully saturated rings. The molecule has 0 radical (unpaired) electrons. The maximum absolute atomic E-state index is 12.5. The van der Waals surface area contributed by atoms with E-state index in [-0.39, 0.29) is 11.5 Å². The van der Waals surface area contributed by atoms with Crippen LogP contribution < -0.4 is 21.7 Å². The number of benzene rings is 1. The van der Waals surface area contributed by atoms with Gasteiger partial charge in [-0.3, -0.25) is 9.59 Å². The van der Waals surface area contributed by atoms with Crippen LogP contribution in [-0.4, -0.2) is 34.9 Å². The lowest BCUT2D eigenvalue weighted by atomic mass is 10.1. The maximum atomic E-state index is 12.5. The average molecular weight is 340 g/mol. The number of nitrogen functional groups attached to an aromatic ring is 1. The zero-order valence-electron chi connectivity index (χ0n) is 13.7. The van der Waals surface area contributed by atoms with E-state index in [2.05, 4.69) is 20.2 Å². The molecule has 2 aromatic rings. The normalized spacial score (nSPS) is 14.2. The maximum Gasteiger partial charge on any atom is 0.278 e. The lowest BCUT2D eigenvalue weighted by Gasteiger charge is -2.30. The summed E-state index contributed by atoms with van der Waals surface area (Å²) in [7, 11) is 0. The molecule has 25 heavy (non-hydrogen) atoms. The fourth-order valence-corrected chi connectivity index (χ4v) is 2.91. The van der Waals surface area contributed by atoms with Crippen LogP contribution in [0.25, 0.3) is 0 Å². The second kappa shape index (κ2) is 7.16. The molecular weight excluding hydrogens is 320 g/mol. The van der Waals surface area contributed by atoms with Gasteiger partial charge < -0.3 is 21.7 Å². The number of carbonyl (C=O) groups is 2. The molecule has 3 rings (SSSR count). The van der Waals surface area contributed by atoms with Crippen LogP contribution in [0.3, 0.4) is 0 Å². The third-order valence-electron chi connectivity index (χ3n) is 4.17. The zero-order valence-corrected chi connectivity index (χ0v) is 13.7. The first kappa shape index (κ1) is 16.7. The van der Waals surface area contributed by atoms with Crippen LogP contribution in [0.5, 0.6) is 0 Å². The summed E-state index contributed by atoms with van der Waals surface area (Å²) in [6.45, 7) is 1.79. The van der Waals surface area contributed by atoms with Crippen molar-refractivity contribution in [2.75, 3.05) is 29.0 Å². The molecule has 0 unspecified atom stereocenters. The summed E-state index contributed by atoms with van der Waals surface area (Å²) in [5.41, 5.74) is 12.8. The molecule has 1 saturated heterocycles. The molecule has 130 valence electrons. The van der Waals surface area contributed by atoms with E-state index < -0.39 is 11.8 Å². The minimum atomic E-state index is -0.556. The molecule has 2 amide bonds. The van der Waals surface area contributed by atoms with Gasteiger partial charge in [-0.2, -0.15) is 0 Å². The molecule has 0 saturated carbocycles.